The first kappa shape index (κ1) is 15.8. The monoisotopic (exact) mass is 376 g/mol. The molecule has 0 saturated heterocycles. The van der Waals surface area contributed by atoms with Crippen LogP contribution >= 0.6 is 27.7 Å². The van der Waals surface area contributed by atoms with Gasteiger partial charge in [0.1, 0.15) is 5.82 Å². The van der Waals surface area contributed by atoms with Crippen molar-refractivity contribution in [3.8, 4) is 0 Å². The second-order valence-electron chi connectivity index (χ2n) is 4.12. The van der Waals surface area contributed by atoms with Crippen molar-refractivity contribution < 1.29 is 18.4 Å². The third kappa shape index (κ3) is 4.18. The summed E-state index contributed by atoms with van der Waals surface area (Å²) in [7, 11) is 1.63. The van der Waals surface area contributed by atoms with Gasteiger partial charge in [0.25, 0.3) is 0 Å². The number of benzene rings is 1. The highest BCUT2D eigenvalue weighted by Crippen LogP contribution is 2.19. The van der Waals surface area contributed by atoms with E-state index in [4.69, 9.17) is 0 Å². The lowest BCUT2D eigenvalue weighted by molar-refractivity contribution is -0.772. The number of halogens is 2. The van der Waals surface area contributed by atoms with Crippen molar-refractivity contribution in [2.24, 2.45) is 7.05 Å². The summed E-state index contributed by atoms with van der Waals surface area (Å²) in [5.74, 6) is -0.463. The minimum Gasteiger partial charge on any atom is -0.324 e. The van der Waals surface area contributed by atoms with Crippen LogP contribution in [0.25, 0.3) is 0 Å². The first-order valence-electron chi connectivity index (χ1n) is 5.92. The summed E-state index contributed by atoms with van der Waals surface area (Å²) < 4.78 is 20.2. The number of aryl methyl sites for hydroxylation is 1. The Kier molecular flexibility index (Phi) is 5.18. The van der Waals surface area contributed by atoms with E-state index in [1.165, 1.54) is 28.6 Å². The number of nitrogens with zero attached hydrogens (tertiary/aromatic N) is 1. The second kappa shape index (κ2) is 6.90. The summed E-state index contributed by atoms with van der Waals surface area (Å²) in [4.78, 5) is 23.0. The Labute approximate surface area is 131 Å². The van der Waals surface area contributed by atoms with Gasteiger partial charge in [-0.1, -0.05) is 20.6 Å². The largest absolute Gasteiger partial charge is 0.441 e. The zero-order valence-electron chi connectivity index (χ0n) is 11.0. The van der Waals surface area contributed by atoms with E-state index >= 15 is 0 Å². The fourth-order valence-electron chi connectivity index (χ4n) is 1.53. The molecule has 2 rings (SSSR count). The number of thioether (sulfide) groups is 1. The Morgan fingerprint density at radius 3 is 2.95 bits per heavy atom. The standard InChI is InChI=1S/C12H11BrFN3O3S/c1-17-11(12(19)20-16-17)21-5-4-10(18)15-9-3-2-7(13)6-8(9)14/h2-3,6H,4-5H2,1H3,(H-,15,16,18,19)/p+1. The molecular weight excluding hydrogens is 365 g/mol. The molecule has 6 nitrogen and oxygen atoms in total. The van der Waals surface area contributed by atoms with E-state index in [0.29, 0.717) is 15.3 Å². The number of H-pyrrole nitrogens is 1. The van der Waals surface area contributed by atoms with Crippen molar-refractivity contribution in [3.05, 3.63) is 38.9 Å². The maximum Gasteiger partial charge on any atom is 0.441 e. The van der Waals surface area contributed by atoms with Gasteiger partial charge in [-0.3, -0.25) is 9.32 Å². The van der Waals surface area contributed by atoms with Crippen LogP contribution < -0.4 is 15.6 Å². The Hall–Kier alpha value is -1.61. The molecule has 9 heteroatoms. The van der Waals surface area contributed by atoms with Crippen molar-refractivity contribution in [1.29, 1.82) is 0 Å². The Morgan fingerprint density at radius 1 is 1.57 bits per heavy atom. The molecule has 0 fully saturated rings. The van der Waals surface area contributed by atoms with Gasteiger partial charge in [0.15, 0.2) is 7.05 Å². The number of rotatable bonds is 5. The summed E-state index contributed by atoms with van der Waals surface area (Å²) in [5.41, 5.74) is -0.359. The van der Waals surface area contributed by atoms with Crippen LogP contribution in [0.5, 0.6) is 0 Å². The fourth-order valence-corrected chi connectivity index (χ4v) is 2.74. The van der Waals surface area contributed by atoms with Crippen LogP contribution in [0.3, 0.4) is 0 Å². The van der Waals surface area contributed by atoms with Gasteiger partial charge in [0, 0.05) is 16.6 Å². The number of aromatic amines is 1. The summed E-state index contributed by atoms with van der Waals surface area (Å²) in [6, 6.07) is 4.39. The van der Waals surface area contributed by atoms with Crippen molar-refractivity contribution in [3.63, 3.8) is 0 Å². The van der Waals surface area contributed by atoms with Crippen LogP contribution in [0.1, 0.15) is 6.42 Å². The lowest BCUT2D eigenvalue weighted by atomic mass is 10.3. The number of nitrogens with one attached hydrogen (secondary N) is 2. The first-order chi connectivity index (χ1) is 9.97. The molecule has 0 spiro atoms. The number of amides is 1. The Bertz CT molecular complexity index is 716. The highest BCUT2D eigenvalue weighted by molar-refractivity contribution is 9.10. The van der Waals surface area contributed by atoms with Gasteiger partial charge >= 0.3 is 10.7 Å². The summed E-state index contributed by atoms with van der Waals surface area (Å²) in [6.07, 6.45) is 0.144. The maximum absolute atomic E-state index is 13.6. The highest BCUT2D eigenvalue weighted by Gasteiger charge is 2.18. The highest BCUT2D eigenvalue weighted by atomic mass is 79.9. The minimum absolute atomic E-state index is 0.125. The normalized spacial score (nSPS) is 10.6. The number of carbonyl (C=O) groups is 1. The molecule has 1 heterocycles. The summed E-state index contributed by atoms with van der Waals surface area (Å²) in [6.45, 7) is 0. The van der Waals surface area contributed by atoms with Crippen LogP contribution in [-0.2, 0) is 11.8 Å². The molecule has 2 N–H and O–H groups in total. The van der Waals surface area contributed by atoms with Gasteiger partial charge in [0.05, 0.1) is 5.69 Å². The molecule has 21 heavy (non-hydrogen) atoms. The average molecular weight is 377 g/mol. The predicted molar refractivity (Wildman–Crippen MR) is 78.6 cm³/mol. The molecule has 0 atom stereocenters. The van der Waals surface area contributed by atoms with E-state index in [1.807, 2.05) is 0 Å². The summed E-state index contributed by atoms with van der Waals surface area (Å²) in [5, 5.41) is 5.24. The lowest BCUT2D eigenvalue weighted by Gasteiger charge is -2.05. The van der Waals surface area contributed by atoms with Crippen LogP contribution in [-0.4, -0.2) is 16.9 Å². The molecule has 0 aliphatic rings. The molecule has 0 bridgehead atoms. The molecule has 112 valence electrons. The van der Waals surface area contributed by atoms with E-state index in [-0.39, 0.29) is 18.0 Å². The van der Waals surface area contributed by atoms with Gasteiger partial charge in [-0.05, 0) is 35.2 Å². The van der Waals surface area contributed by atoms with E-state index in [2.05, 4.69) is 31.0 Å². The number of hydrogen-bond acceptors (Lipinski definition) is 4. The van der Waals surface area contributed by atoms with Gasteiger partial charge in [-0.15, -0.1) is 0 Å². The van der Waals surface area contributed by atoms with Gasteiger partial charge in [0.2, 0.25) is 5.91 Å². The Morgan fingerprint density at radius 2 is 2.33 bits per heavy atom. The van der Waals surface area contributed by atoms with Crippen LogP contribution in [0.15, 0.2) is 37.0 Å². The number of carbonyl (C=O) groups excluding carboxylic acids is 1. The maximum atomic E-state index is 13.6. The third-order valence-electron chi connectivity index (χ3n) is 2.53. The topological polar surface area (TPSA) is 79.0 Å². The van der Waals surface area contributed by atoms with Crippen molar-refractivity contribution >= 4 is 39.3 Å². The molecular formula is C12H12BrFN3O3S+. The molecule has 1 aromatic carbocycles. The van der Waals surface area contributed by atoms with E-state index in [9.17, 15) is 14.0 Å². The van der Waals surface area contributed by atoms with Gasteiger partial charge in [-0.25, -0.2) is 9.18 Å². The molecule has 1 aromatic heterocycles. The molecule has 0 aliphatic heterocycles. The number of aromatic nitrogens is 2. The quantitative estimate of drug-likeness (QED) is 0.616. The zero-order valence-corrected chi connectivity index (χ0v) is 13.4. The average Bonchev–Trinajstić information content (AvgIpc) is 2.74. The third-order valence-corrected chi connectivity index (χ3v) is 4.14. The fraction of sp³-hybridized carbons (Fsp3) is 0.250. The van der Waals surface area contributed by atoms with Crippen molar-refractivity contribution in [2.45, 2.75) is 11.4 Å². The van der Waals surface area contributed by atoms with E-state index in [0.717, 1.165) is 0 Å². The van der Waals surface area contributed by atoms with E-state index in [1.54, 1.807) is 13.1 Å². The second-order valence-corrected chi connectivity index (χ2v) is 6.12. The smallest absolute Gasteiger partial charge is 0.324 e. The van der Waals surface area contributed by atoms with Crippen molar-refractivity contribution in [2.75, 3.05) is 11.1 Å². The van der Waals surface area contributed by atoms with Crippen LogP contribution in [0.2, 0.25) is 0 Å². The summed E-state index contributed by atoms with van der Waals surface area (Å²) >= 11 is 4.33. The van der Waals surface area contributed by atoms with E-state index < -0.39 is 11.4 Å². The molecule has 0 saturated carbocycles. The SMILES string of the molecule is C[n+]1[nH]oc(=O)c1SCCC(=O)Nc1ccc(Br)cc1F. The first-order valence-corrected chi connectivity index (χ1v) is 7.70. The van der Waals surface area contributed by atoms with Crippen LogP contribution in [0.4, 0.5) is 10.1 Å². The lowest BCUT2D eigenvalue weighted by Crippen LogP contribution is -2.33. The molecule has 0 unspecified atom stereocenters. The molecule has 0 radical (unpaired) electrons. The number of anilines is 1. The predicted octanol–water partition coefficient (Wildman–Crippen LogP) is 1.81. The van der Waals surface area contributed by atoms with Gasteiger partial charge in [-0.2, -0.15) is 0 Å². The zero-order chi connectivity index (χ0) is 15.4. The molecule has 0 aliphatic carbocycles. The van der Waals surface area contributed by atoms with Crippen LogP contribution in [0, 0.1) is 5.82 Å². The number of hydrogen-bond donors (Lipinski definition) is 2. The molecule has 1 amide bonds. The molecule has 2 aromatic rings. The Balaban J connectivity index is 1.87. The van der Waals surface area contributed by atoms with Gasteiger partial charge < -0.3 is 5.32 Å². The minimum atomic E-state index is -0.511. The van der Waals surface area contributed by atoms with Crippen molar-refractivity contribution in [1.82, 2.24) is 5.27 Å².